The maximum atomic E-state index is 13.5. The summed E-state index contributed by atoms with van der Waals surface area (Å²) in [6.45, 7) is 7.14. The summed E-state index contributed by atoms with van der Waals surface area (Å²) in [7, 11) is 0. The van der Waals surface area contributed by atoms with E-state index in [2.05, 4.69) is 34.4 Å². The maximum Gasteiger partial charge on any atom is 0.232 e. The number of thiocarbonyl (C=S) groups is 1. The van der Waals surface area contributed by atoms with Gasteiger partial charge in [-0.3, -0.25) is 0 Å². The predicted octanol–water partition coefficient (Wildman–Crippen LogP) is 5.94. The van der Waals surface area contributed by atoms with E-state index in [-0.39, 0.29) is 11.2 Å². The molecule has 0 bridgehead atoms. The van der Waals surface area contributed by atoms with Crippen molar-refractivity contribution < 1.29 is 4.39 Å². The van der Waals surface area contributed by atoms with Crippen molar-refractivity contribution in [1.82, 2.24) is 15.3 Å². The number of anilines is 2. The molecular weight excluding hydrogens is 457 g/mol. The maximum absolute atomic E-state index is 13.5. The Balaban J connectivity index is 1.43. The zero-order valence-electron chi connectivity index (χ0n) is 19.4. The third kappa shape index (κ3) is 6.12. The molecule has 2 heterocycles. The highest BCUT2D eigenvalue weighted by molar-refractivity contribution is 7.80. The minimum atomic E-state index is -0.207. The Morgan fingerprint density at radius 3 is 2.45 bits per heavy atom. The number of piperidine rings is 1. The van der Waals surface area contributed by atoms with Gasteiger partial charge in [0.15, 0.2) is 5.11 Å². The molecule has 0 spiro atoms. The van der Waals surface area contributed by atoms with Crippen LogP contribution in [0.15, 0.2) is 30.3 Å². The topological polar surface area (TPSA) is 53.1 Å². The van der Waals surface area contributed by atoms with Crippen LogP contribution in [-0.2, 0) is 5.41 Å². The van der Waals surface area contributed by atoms with Crippen LogP contribution >= 0.6 is 23.8 Å². The van der Waals surface area contributed by atoms with Crippen molar-refractivity contribution in [1.29, 1.82) is 0 Å². The molecule has 1 aromatic carbocycles. The molecule has 0 radical (unpaired) electrons. The Kier molecular flexibility index (Phi) is 7.69. The number of halogens is 2. The van der Waals surface area contributed by atoms with Crippen molar-refractivity contribution in [3.05, 3.63) is 46.9 Å². The minimum Gasteiger partial charge on any atom is -0.361 e. The third-order valence-electron chi connectivity index (χ3n) is 6.95. The molecule has 2 aliphatic rings. The Morgan fingerprint density at radius 2 is 1.79 bits per heavy atom. The summed E-state index contributed by atoms with van der Waals surface area (Å²) in [5, 5.41) is 7.37. The van der Waals surface area contributed by atoms with Gasteiger partial charge in [0.25, 0.3) is 0 Å². The van der Waals surface area contributed by atoms with E-state index in [1.54, 1.807) is 12.1 Å². The molecule has 2 N–H and O–H groups in total. The summed E-state index contributed by atoms with van der Waals surface area (Å²) >= 11 is 11.9. The largest absolute Gasteiger partial charge is 0.361 e. The fourth-order valence-electron chi connectivity index (χ4n) is 5.47. The number of hydrogen-bond acceptors (Lipinski definition) is 4. The number of benzene rings is 1. The van der Waals surface area contributed by atoms with Gasteiger partial charge in [-0.15, -0.1) is 0 Å². The summed E-state index contributed by atoms with van der Waals surface area (Å²) in [6, 6.07) is 8.73. The summed E-state index contributed by atoms with van der Waals surface area (Å²) in [5.74, 6) is 2.25. The van der Waals surface area contributed by atoms with Gasteiger partial charge in [-0.25, -0.2) is 9.37 Å². The highest BCUT2D eigenvalue weighted by Crippen LogP contribution is 2.39. The minimum absolute atomic E-state index is 0.0574. The van der Waals surface area contributed by atoms with Crippen molar-refractivity contribution in [3.63, 3.8) is 0 Å². The number of nitrogens with zero attached hydrogens (tertiary/aromatic N) is 3. The smallest absolute Gasteiger partial charge is 0.232 e. The van der Waals surface area contributed by atoms with E-state index in [0.29, 0.717) is 34.6 Å². The van der Waals surface area contributed by atoms with E-state index in [9.17, 15) is 4.39 Å². The van der Waals surface area contributed by atoms with Crippen LogP contribution in [-0.4, -0.2) is 34.7 Å². The SMILES string of the molecule is C[C@@H]1C[C@@H](C)CN(c2cc(Cl)nc(NC(=S)NCC3(c4ccc(F)cc4)CCCCC3)n2)C1. The lowest BCUT2D eigenvalue weighted by atomic mass is 9.69. The van der Waals surface area contributed by atoms with Gasteiger partial charge in [-0.1, -0.05) is 56.8 Å². The quantitative estimate of drug-likeness (QED) is 0.400. The molecule has 0 amide bonds. The lowest BCUT2D eigenvalue weighted by Crippen LogP contribution is -2.43. The van der Waals surface area contributed by atoms with E-state index in [1.165, 1.54) is 12.8 Å². The van der Waals surface area contributed by atoms with Gasteiger partial charge in [0.2, 0.25) is 5.95 Å². The van der Waals surface area contributed by atoms with Gasteiger partial charge in [-0.2, -0.15) is 4.98 Å². The van der Waals surface area contributed by atoms with E-state index in [1.807, 2.05) is 18.2 Å². The van der Waals surface area contributed by atoms with Crippen LogP contribution in [0.25, 0.3) is 0 Å². The van der Waals surface area contributed by atoms with Crippen LogP contribution in [0.1, 0.15) is 57.9 Å². The third-order valence-corrected chi connectivity index (χ3v) is 7.39. The Morgan fingerprint density at radius 1 is 1.12 bits per heavy atom. The van der Waals surface area contributed by atoms with Gasteiger partial charge >= 0.3 is 0 Å². The molecule has 1 aliphatic carbocycles. The first-order valence-electron chi connectivity index (χ1n) is 11.9. The van der Waals surface area contributed by atoms with Crippen molar-refractivity contribution in [2.75, 3.05) is 29.9 Å². The fraction of sp³-hybridized carbons (Fsp3) is 0.560. The van der Waals surface area contributed by atoms with Gasteiger partial charge < -0.3 is 15.5 Å². The van der Waals surface area contributed by atoms with Crippen LogP contribution in [0.2, 0.25) is 5.15 Å². The van der Waals surface area contributed by atoms with Gasteiger partial charge in [0, 0.05) is 31.1 Å². The molecule has 4 rings (SSSR count). The first kappa shape index (κ1) is 24.1. The summed E-state index contributed by atoms with van der Waals surface area (Å²) in [6.07, 6.45) is 6.89. The van der Waals surface area contributed by atoms with E-state index >= 15 is 0 Å². The highest BCUT2D eigenvalue weighted by atomic mass is 35.5. The Hall–Kier alpha value is -1.99. The van der Waals surface area contributed by atoms with Crippen LogP contribution in [0.5, 0.6) is 0 Å². The van der Waals surface area contributed by atoms with Crippen LogP contribution < -0.4 is 15.5 Å². The summed E-state index contributed by atoms with van der Waals surface area (Å²) < 4.78 is 13.5. The first-order valence-corrected chi connectivity index (χ1v) is 12.7. The van der Waals surface area contributed by atoms with Gasteiger partial charge in [0.1, 0.15) is 16.8 Å². The molecular formula is C25H33ClFN5S. The van der Waals surface area contributed by atoms with Crippen molar-refractivity contribution in [2.24, 2.45) is 11.8 Å². The van der Waals surface area contributed by atoms with Crippen molar-refractivity contribution >= 4 is 40.7 Å². The average molecular weight is 490 g/mol. The summed E-state index contributed by atoms with van der Waals surface area (Å²) in [5.41, 5.74) is 1.10. The molecule has 1 saturated heterocycles. The second-order valence-corrected chi connectivity index (χ2v) is 10.7. The van der Waals surface area contributed by atoms with Crippen molar-refractivity contribution in [2.45, 2.75) is 57.8 Å². The Labute approximate surface area is 206 Å². The molecule has 2 atom stereocenters. The van der Waals surface area contributed by atoms with Crippen LogP contribution in [0.3, 0.4) is 0 Å². The number of rotatable bonds is 5. The number of aromatic nitrogens is 2. The van der Waals surface area contributed by atoms with Crippen molar-refractivity contribution in [3.8, 4) is 0 Å². The molecule has 0 unspecified atom stereocenters. The molecule has 8 heteroatoms. The van der Waals surface area contributed by atoms with Crippen LogP contribution in [0, 0.1) is 17.7 Å². The normalized spacial score (nSPS) is 22.6. The molecule has 1 aromatic heterocycles. The van der Waals surface area contributed by atoms with Gasteiger partial charge in [-0.05, 0) is 61.0 Å². The molecule has 1 saturated carbocycles. The molecule has 178 valence electrons. The molecule has 1 aliphatic heterocycles. The molecule has 5 nitrogen and oxygen atoms in total. The van der Waals surface area contributed by atoms with Crippen LogP contribution in [0.4, 0.5) is 16.2 Å². The number of hydrogen-bond donors (Lipinski definition) is 2. The highest BCUT2D eigenvalue weighted by Gasteiger charge is 2.34. The summed E-state index contributed by atoms with van der Waals surface area (Å²) in [4.78, 5) is 11.3. The predicted molar refractivity (Wildman–Crippen MR) is 138 cm³/mol. The second-order valence-electron chi connectivity index (χ2n) is 9.88. The zero-order valence-corrected chi connectivity index (χ0v) is 21.0. The lowest BCUT2D eigenvalue weighted by Gasteiger charge is -2.38. The lowest BCUT2D eigenvalue weighted by molar-refractivity contribution is 0.292. The standard InChI is InChI=1S/C25H33ClFN5S/c1-17-12-18(2)15-32(14-17)22-13-21(26)29-23(30-22)31-24(33)28-16-25(10-4-3-5-11-25)19-6-8-20(27)9-7-19/h6-9,13,17-18H,3-5,10-12,14-16H2,1-2H3,(H2,28,29,30,31,33)/t17-,18-/m1/s1. The average Bonchev–Trinajstić information content (AvgIpc) is 2.78. The molecule has 33 heavy (non-hydrogen) atoms. The molecule has 2 aromatic rings. The number of nitrogens with one attached hydrogen (secondary N) is 2. The second kappa shape index (κ2) is 10.5. The van der Waals surface area contributed by atoms with E-state index < -0.39 is 0 Å². The zero-order chi connectivity index (χ0) is 23.4. The monoisotopic (exact) mass is 489 g/mol. The Bertz CT molecular complexity index is 954. The van der Waals surface area contributed by atoms with Gasteiger partial charge in [0.05, 0.1) is 0 Å². The van der Waals surface area contributed by atoms with E-state index in [4.69, 9.17) is 28.8 Å². The first-order chi connectivity index (χ1) is 15.8. The van der Waals surface area contributed by atoms with E-state index in [0.717, 1.165) is 50.2 Å². The molecule has 2 fully saturated rings. The fourth-order valence-corrected chi connectivity index (χ4v) is 5.81.